The average molecular weight is 307 g/mol. The summed E-state index contributed by atoms with van der Waals surface area (Å²) in [7, 11) is -3.97. The number of furan rings is 1. The summed E-state index contributed by atoms with van der Waals surface area (Å²) in [4.78, 5) is 11.7. The fraction of sp³-hybridized carbons (Fsp3) is 0.214. The standard InChI is InChI=1S/C14H13NO5S/c16-13(17)14(7-5-10-3-1-2-4-12(10)14)15-21(18,19)11-6-8-20-9-11/h1-4,6,8-9,15H,5,7H2,(H,16,17). The van der Waals surface area contributed by atoms with Crippen molar-refractivity contribution in [3.05, 3.63) is 54.0 Å². The molecule has 0 spiro atoms. The van der Waals surface area contributed by atoms with Gasteiger partial charge in [-0.25, -0.2) is 13.2 Å². The normalized spacial score (nSPS) is 21.1. The number of fused-ring (bicyclic) bond motifs is 1. The van der Waals surface area contributed by atoms with Gasteiger partial charge in [-0.15, -0.1) is 0 Å². The average Bonchev–Trinajstić information content (AvgIpc) is 3.08. The van der Waals surface area contributed by atoms with Crippen molar-refractivity contribution in [1.82, 2.24) is 4.72 Å². The van der Waals surface area contributed by atoms with Crippen LogP contribution in [0.25, 0.3) is 0 Å². The molecular formula is C14H13NO5S. The van der Waals surface area contributed by atoms with Crippen LogP contribution in [0.3, 0.4) is 0 Å². The molecule has 0 aliphatic heterocycles. The Bertz CT molecular complexity index is 781. The van der Waals surface area contributed by atoms with Gasteiger partial charge < -0.3 is 9.52 Å². The molecule has 1 aromatic carbocycles. The fourth-order valence-corrected chi connectivity index (χ4v) is 3.97. The quantitative estimate of drug-likeness (QED) is 0.892. The predicted octanol–water partition coefficient (Wildman–Crippen LogP) is 1.48. The number of hydrogen-bond acceptors (Lipinski definition) is 4. The van der Waals surface area contributed by atoms with Crippen LogP contribution in [0.15, 0.2) is 52.2 Å². The number of sulfonamides is 1. The van der Waals surface area contributed by atoms with Crippen molar-refractivity contribution in [3.8, 4) is 0 Å². The molecular weight excluding hydrogens is 294 g/mol. The van der Waals surface area contributed by atoms with Crippen LogP contribution in [-0.4, -0.2) is 19.5 Å². The molecule has 1 heterocycles. The Kier molecular flexibility index (Phi) is 3.11. The second-order valence-corrected chi connectivity index (χ2v) is 6.61. The minimum Gasteiger partial charge on any atom is -0.480 e. The molecule has 0 amide bonds. The summed E-state index contributed by atoms with van der Waals surface area (Å²) in [6.07, 6.45) is 2.98. The van der Waals surface area contributed by atoms with Crippen molar-refractivity contribution >= 4 is 16.0 Å². The van der Waals surface area contributed by atoms with E-state index in [-0.39, 0.29) is 11.3 Å². The molecule has 1 aromatic heterocycles. The molecule has 2 N–H and O–H groups in total. The lowest BCUT2D eigenvalue weighted by atomic mass is 9.93. The lowest BCUT2D eigenvalue weighted by Gasteiger charge is -2.26. The molecule has 1 atom stereocenters. The van der Waals surface area contributed by atoms with Crippen molar-refractivity contribution < 1.29 is 22.7 Å². The maximum atomic E-state index is 12.3. The van der Waals surface area contributed by atoms with Gasteiger partial charge >= 0.3 is 5.97 Å². The Labute approximate surface area is 121 Å². The second kappa shape index (κ2) is 4.71. The molecule has 0 fully saturated rings. The van der Waals surface area contributed by atoms with Gasteiger partial charge in [-0.3, -0.25) is 0 Å². The molecule has 2 aromatic rings. The van der Waals surface area contributed by atoms with Crippen LogP contribution in [0.5, 0.6) is 0 Å². The summed E-state index contributed by atoms with van der Waals surface area (Å²) in [5, 5.41) is 9.62. The third-order valence-corrected chi connectivity index (χ3v) is 5.20. The first-order valence-corrected chi connectivity index (χ1v) is 7.82. The van der Waals surface area contributed by atoms with Gasteiger partial charge in [0.25, 0.3) is 0 Å². The van der Waals surface area contributed by atoms with E-state index >= 15 is 0 Å². The number of hydrogen-bond donors (Lipinski definition) is 2. The maximum Gasteiger partial charge on any atom is 0.329 e. The molecule has 0 saturated heterocycles. The van der Waals surface area contributed by atoms with Crippen LogP contribution in [0.2, 0.25) is 0 Å². The van der Waals surface area contributed by atoms with Crippen LogP contribution in [0, 0.1) is 0 Å². The van der Waals surface area contributed by atoms with E-state index in [0.29, 0.717) is 12.0 Å². The van der Waals surface area contributed by atoms with Crippen molar-refractivity contribution in [3.63, 3.8) is 0 Å². The summed E-state index contributed by atoms with van der Waals surface area (Å²) < 4.78 is 31.8. The maximum absolute atomic E-state index is 12.3. The number of nitrogens with one attached hydrogen (secondary N) is 1. The molecule has 110 valence electrons. The number of carboxylic acid groups (broad SMARTS) is 1. The predicted molar refractivity (Wildman–Crippen MR) is 73.1 cm³/mol. The largest absolute Gasteiger partial charge is 0.480 e. The van der Waals surface area contributed by atoms with Gasteiger partial charge in [0.2, 0.25) is 10.0 Å². The second-order valence-electron chi connectivity index (χ2n) is 4.93. The molecule has 3 rings (SSSR count). The van der Waals surface area contributed by atoms with Gasteiger partial charge in [-0.1, -0.05) is 24.3 Å². The van der Waals surface area contributed by atoms with E-state index in [2.05, 4.69) is 4.72 Å². The molecule has 6 nitrogen and oxygen atoms in total. The third kappa shape index (κ3) is 2.14. The lowest BCUT2D eigenvalue weighted by Crippen LogP contribution is -2.50. The highest BCUT2D eigenvalue weighted by Gasteiger charge is 2.48. The summed E-state index contributed by atoms with van der Waals surface area (Å²) in [6, 6.07) is 8.24. The van der Waals surface area contributed by atoms with E-state index in [1.54, 1.807) is 18.2 Å². The van der Waals surface area contributed by atoms with E-state index in [0.717, 1.165) is 11.8 Å². The zero-order chi connectivity index (χ0) is 15.1. The van der Waals surface area contributed by atoms with Crippen molar-refractivity contribution in [2.45, 2.75) is 23.3 Å². The molecule has 1 unspecified atom stereocenters. The van der Waals surface area contributed by atoms with Crippen LogP contribution in [0.1, 0.15) is 17.5 Å². The number of aryl methyl sites for hydroxylation is 1. The molecule has 0 bridgehead atoms. The zero-order valence-corrected chi connectivity index (χ0v) is 11.8. The first-order chi connectivity index (χ1) is 9.96. The van der Waals surface area contributed by atoms with Crippen molar-refractivity contribution in [1.29, 1.82) is 0 Å². The summed E-state index contributed by atoms with van der Waals surface area (Å²) in [5.41, 5.74) is -0.300. The van der Waals surface area contributed by atoms with E-state index in [4.69, 9.17) is 4.42 Å². The third-order valence-electron chi connectivity index (χ3n) is 3.73. The Morgan fingerprint density at radius 3 is 2.71 bits per heavy atom. The Morgan fingerprint density at radius 1 is 1.29 bits per heavy atom. The summed E-state index contributed by atoms with van der Waals surface area (Å²) in [6.45, 7) is 0. The Hall–Kier alpha value is -2.12. The van der Waals surface area contributed by atoms with Crippen LogP contribution < -0.4 is 4.72 Å². The van der Waals surface area contributed by atoms with E-state index in [1.807, 2.05) is 6.07 Å². The highest BCUT2D eigenvalue weighted by atomic mass is 32.2. The molecule has 7 heteroatoms. The highest BCUT2D eigenvalue weighted by molar-refractivity contribution is 7.89. The van der Waals surface area contributed by atoms with Crippen LogP contribution >= 0.6 is 0 Å². The van der Waals surface area contributed by atoms with E-state index < -0.39 is 21.5 Å². The van der Waals surface area contributed by atoms with Gasteiger partial charge in [0, 0.05) is 0 Å². The Balaban J connectivity index is 2.08. The summed E-state index contributed by atoms with van der Waals surface area (Å²) >= 11 is 0. The first-order valence-electron chi connectivity index (χ1n) is 6.34. The van der Waals surface area contributed by atoms with Gasteiger partial charge in [-0.2, -0.15) is 4.72 Å². The van der Waals surface area contributed by atoms with Gasteiger partial charge in [-0.05, 0) is 30.0 Å². The molecule has 1 aliphatic rings. The molecule has 1 aliphatic carbocycles. The first kappa shape index (κ1) is 13.8. The minimum absolute atomic E-state index is 0.0903. The number of rotatable bonds is 4. The highest BCUT2D eigenvalue weighted by Crippen LogP contribution is 2.38. The van der Waals surface area contributed by atoms with Crippen molar-refractivity contribution in [2.24, 2.45) is 0 Å². The minimum atomic E-state index is -3.97. The van der Waals surface area contributed by atoms with E-state index in [9.17, 15) is 18.3 Å². The van der Waals surface area contributed by atoms with Crippen LogP contribution in [0.4, 0.5) is 0 Å². The van der Waals surface area contributed by atoms with Crippen molar-refractivity contribution in [2.75, 3.05) is 0 Å². The van der Waals surface area contributed by atoms with Gasteiger partial charge in [0.1, 0.15) is 11.2 Å². The molecule has 21 heavy (non-hydrogen) atoms. The lowest BCUT2D eigenvalue weighted by molar-refractivity contribution is -0.144. The van der Waals surface area contributed by atoms with Gasteiger partial charge in [0.15, 0.2) is 5.54 Å². The summed E-state index contributed by atoms with van der Waals surface area (Å²) in [5.74, 6) is -1.21. The van der Waals surface area contributed by atoms with Crippen LogP contribution in [-0.2, 0) is 26.8 Å². The smallest absolute Gasteiger partial charge is 0.329 e. The number of aliphatic carboxylic acids is 1. The van der Waals surface area contributed by atoms with E-state index in [1.165, 1.54) is 12.3 Å². The molecule has 0 radical (unpaired) electrons. The number of carboxylic acids is 1. The monoisotopic (exact) mass is 307 g/mol. The topological polar surface area (TPSA) is 96.6 Å². The fourth-order valence-electron chi connectivity index (χ4n) is 2.68. The number of benzene rings is 1. The SMILES string of the molecule is O=C(O)C1(NS(=O)(=O)c2ccoc2)CCc2ccccc21. The van der Waals surface area contributed by atoms with Gasteiger partial charge in [0.05, 0.1) is 6.26 Å². The number of carbonyl (C=O) groups is 1. The zero-order valence-electron chi connectivity index (χ0n) is 10.9. The molecule has 0 saturated carbocycles. The Morgan fingerprint density at radius 2 is 2.05 bits per heavy atom.